The van der Waals surface area contributed by atoms with E-state index in [1.54, 1.807) is 0 Å². The third-order valence-electron chi connectivity index (χ3n) is 3.54. The molecule has 0 heteroatoms. The lowest BCUT2D eigenvalue weighted by atomic mass is 9.59. The molecule has 1 aliphatic rings. The van der Waals surface area contributed by atoms with Crippen molar-refractivity contribution in [1.82, 2.24) is 0 Å². The topological polar surface area (TPSA) is 0 Å². The molecule has 0 aromatic carbocycles. The van der Waals surface area contributed by atoms with Crippen molar-refractivity contribution >= 4 is 0 Å². The monoisotopic (exact) mass is 210 g/mol. The maximum atomic E-state index is 2.45. The molecule has 0 aromatic heterocycles. The Hall–Kier alpha value is 0. The summed E-state index contributed by atoms with van der Waals surface area (Å²) in [5.74, 6) is 0.934. The van der Waals surface area contributed by atoms with Crippen molar-refractivity contribution in [2.24, 2.45) is 22.2 Å². The fourth-order valence-electron chi connectivity index (χ4n) is 4.09. The summed E-state index contributed by atoms with van der Waals surface area (Å²) in [6.07, 6.45) is 5.63. The summed E-state index contributed by atoms with van der Waals surface area (Å²) < 4.78 is 0. The minimum atomic E-state index is 0.494. The predicted molar refractivity (Wildman–Crippen MR) is 69.0 cm³/mol. The molecule has 1 saturated carbocycles. The average Bonchev–Trinajstić information content (AvgIpc) is 1.70. The highest BCUT2D eigenvalue weighted by atomic mass is 14.4. The van der Waals surface area contributed by atoms with E-state index in [0.717, 1.165) is 5.92 Å². The van der Waals surface area contributed by atoms with Gasteiger partial charge in [-0.1, -0.05) is 48.5 Å². The summed E-state index contributed by atoms with van der Waals surface area (Å²) in [6.45, 7) is 16.9. The van der Waals surface area contributed by atoms with Gasteiger partial charge in [-0.15, -0.1) is 0 Å². The van der Waals surface area contributed by atoms with E-state index in [4.69, 9.17) is 0 Å². The van der Waals surface area contributed by atoms with Crippen molar-refractivity contribution in [2.45, 2.75) is 74.1 Å². The van der Waals surface area contributed by atoms with Crippen LogP contribution in [0.4, 0.5) is 0 Å². The van der Waals surface area contributed by atoms with Crippen LogP contribution >= 0.6 is 0 Å². The zero-order valence-corrected chi connectivity index (χ0v) is 11.9. The molecule has 15 heavy (non-hydrogen) atoms. The molecule has 0 bridgehead atoms. The highest BCUT2D eigenvalue weighted by Crippen LogP contribution is 2.50. The first-order valence-corrected chi connectivity index (χ1v) is 6.49. The van der Waals surface area contributed by atoms with Crippen LogP contribution in [-0.2, 0) is 0 Å². The van der Waals surface area contributed by atoms with Crippen LogP contribution in [0, 0.1) is 22.2 Å². The van der Waals surface area contributed by atoms with E-state index in [1.165, 1.54) is 25.7 Å². The molecule has 0 nitrogen and oxygen atoms in total. The molecule has 0 heterocycles. The second-order valence-electron chi connectivity index (χ2n) is 8.54. The number of hydrogen-bond donors (Lipinski definition) is 0. The van der Waals surface area contributed by atoms with Gasteiger partial charge in [0.05, 0.1) is 0 Å². The first kappa shape index (κ1) is 13.1. The van der Waals surface area contributed by atoms with Gasteiger partial charge in [0.2, 0.25) is 0 Å². The van der Waals surface area contributed by atoms with Gasteiger partial charge in [-0.25, -0.2) is 0 Å². The smallest absolute Gasteiger partial charge is 0.0347 e. The second kappa shape index (κ2) is 3.79. The number of rotatable bonds is 1. The minimum Gasteiger partial charge on any atom is -0.0602 e. The summed E-state index contributed by atoms with van der Waals surface area (Å²) in [7, 11) is 0. The number of hydrogen-bond acceptors (Lipinski definition) is 0. The molecular weight excluding hydrogens is 180 g/mol. The lowest BCUT2D eigenvalue weighted by Gasteiger charge is -2.46. The molecule has 90 valence electrons. The van der Waals surface area contributed by atoms with E-state index in [0.29, 0.717) is 16.2 Å². The van der Waals surface area contributed by atoms with Crippen LogP contribution in [0.25, 0.3) is 0 Å². The molecule has 0 aromatic rings. The van der Waals surface area contributed by atoms with Crippen molar-refractivity contribution < 1.29 is 0 Å². The quantitative estimate of drug-likeness (QED) is 0.552. The van der Waals surface area contributed by atoms with Crippen LogP contribution in [0.15, 0.2) is 0 Å². The summed E-state index contributed by atoms with van der Waals surface area (Å²) >= 11 is 0. The molecule has 0 atom stereocenters. The Morgan fingerprint density at radius 1 is 0.933 bits per heavy atom. The molecule has 0 aliphatic heterocycles. The minimum absolute atomic E-state index is 0.494. The van der Waals surface area contributed by atoms with Gasteiger partial charge >= 0.3 is 0 Å². The molecular formula is C15H30. The van der Waals surface area contributed by atoms with Crippen molar-refractivity contribution in [3.63, 3.8) is 0 Å². The molecule has 0 radical (unpaired) electrons. The highest BCUT2D eigenvalue weighted by molar-refractivity contribution is 4.90. The Morgan fingerprint density at radius 3 is 1.67 bits per heavy atom. The van der Waals surface area contributed by atoms with Gasteiger partial charge in [-0.2, -0.15) is 0 Å². The summed E-state index contributed by atoms with van der Waals surface area (Å²) in [5, 5.41) is 0. The third-order valence-corrected chi connectivity index (χ3v) is 3.54. The van der Waals surface area contributed by atoms with Crippen molar-refractivity contribution in [3.05, 3.63) is 0 Å². The Bertz CT molecular complexity index is 196. The third kappa shape index (κ3) is 4.57. The van der Waals surface area contributed by atoms with Gasteiger partial charge in [-0.3, -0.25) is 0 Å². The zero-order chi connectivity index (χ0) is 11.9. The van der Waals surface area contributed by atoms with E-state index in [9.17, 15) is 0 Å². The summed E-state index contributed by atoms with van der Waals surface area (Å²) in [5.41, 5.74) is 1.60. The lowest BCUT2D eigenvalue weighted by molar-refractivity contribution is 0.0488. The fraction of sp³-hybridized carbons (Fsp3) is 1.00. The Balaban J connectivity index is 2.68. The van der Waals surface area contributed by atoms with Crippen LogP contribution in [0.1, 0.15) is 74.1 Å². The van der Waals surface area contributed by atoms with Crippen LogP contribution in [0.2, 0.25) is 0 Å². The average molecular weight is 210 g/mol. The predicted octanol–water partition coefficient (Wildman–Crippen LogP) is 5.28. The second-order valence-corrected chi connectivity index (χ2v) is 8.54. The lowest BCUT2D eigenvalue weighted by Crippen LogP contribution is -2.35. The molecule has 0 N–H and O–H groups in total. The van der Waals surface area contributed by atoms with Gasteiger partial charge in [-0.05, 0) is 47.8 Å². The van der Waals surface area contributed by atoms with Crippen LogP contribution < -0.4 is 0 Å². The van der Waals surface area contributed by atoms with Gasteiger partial charge < -0.3 is 0 Å². The van der Waals surface area contributed by atoms with Gasteiger partial charge in [0, 0.05) is 0 Å². The maximum absolute atomic E-state index is 2.45. The zero-order valence-electron chi connectivity index (χ0n) is 11.9. The molecule has 0 unspecified atom stereocenters. The standard InChI is InChI=1S/C15H30/c1-13(2,3)8-12-9-14(4,5)11-15(6,7)10-12/h12H,8-11H2,1-7H3. The largest absolute Gasteiger partial charge is 0.0602 e. The summed E-state index contributed by atoms with van der Waals surface area (Å²) in [4.78, 5) is 0. The SMILES string of the molecule is CC(C)(C)CC1CC(C)(C)CC(C)(C)C1. The van der Waals surface area contributed by atoms with Crippen LogP contribution in [-0.4, -0.2) is 0 Å². The van der Waals surface area contributed by atoms with Crippen LogP contribution in [0.5, 0.6) is 0 Å². The molecule has 0 spiro atoms. The van der Waals surface area contributed by atoms with Crippen molar-refractivity contribution in [2.75, 3.05) is 0 Å². The van der Waals surface area contributed by atoms with E-state index >= 15 is 0 Å². The van der Waals surface area contributed by atoms with E-state index in [1.807, 2.05) is 0 Å². The molecule has 1 rings (SSSR count). The highest BCUT2D eigenvalue weighted by Gasteiger charge is 2.39. The van der Waals surface area contributed by atoms with E-state index < -0.39 is 0 Å². The molecule has 1 fully saturated rings. The Morgan fingerprint density at radius 2 is 1.33 bits per heavy atom. The van der Waals surface area contributed by atoms with Crippen LogP contribution in [0.3, 0.4) is 0 Å². The first-order chi connectivity index (χ1) is 6.49. The van der Waals surface area contributed by atoms with Crippen molar-refractivity contribution in [1.29, 1.82) is 0 Å². The van der Waals surface area contributed by atoms with E-state index in [2.05, 4.69) is 48.5 Å². The first-order valence-electron chi connectivity index (χ1n) is 6.49. The Kier molecular flexibility index (Phi) is 3.30. The normalized spacial score (nSPS) is 26.6. The molecule has 0 saturated heterocycles. The maximum Gasteiger partial charge on any atom is -0.0347 e. The van der Waals surface area contributed by atoms with Gasteiger partial charge in [0.15, 0.2) is 0 Å². The van der Waals surface area contributed by atoms with Gasteiger partial charge in [0.25, 0.3) is 0 Å². The molecule has 0 amide bonds. The Labute approximate surface area is 96.8 Å². The fourth-order valence-corrected chi connectivity index (χ4v) is 4.09. The van der Waals surface area contributed by atoms with E-state index in [-0.39, 0.29) is 0 Å². The summed E-state index contributed by atoms with van der Waals surface area (Å²) in [6, 6.07) is 0. The molecule has 1 aliphatic carbocycles. The van der Waals surface area contributed by atoms with Gasteiger partial charge in [0.1, 0.15) is 0 Å². The van der Waals surface area contributed by atoms with Crippen molar-refractivity contribution in [3.8, 4) is 0 Å².